The van der Waals surface area contributed by atoms with Crippen LogP contribution in [0.2, 0.25) is 0 Å². The van der Waals surface area contributed by atoms with Gasteiger partial charge in [0.1, 0.15) is 29.9 Å². The summed E-state index contributed by atoms with van der Waals surface area (Å²) >= 11 is 0. The van der Waals surface area contributed by atoms with Crippen LogP contribution in [0.1, 0.15) is 11.1 Å². The highest BCUT2D eigenvalue weighted by Crippen LogP contribution is 2.34. The van der Waals surface area contributed by atoms with Crippen LogP contribution in [0, 0.1) is 11.3 Å². The summed E-state index contributed by atoms with van der Waals surface area (Å²) in [6, 6.07) is 25.1. The summed E-state index contributed by atoms with van der Waals surface area (Å²) in [6.45, 7) is 0.471. The average Bonchev–Trinajstić information content (AvgIpc) is 3.28. The highest BCUT2D eigenvalue weighted by molar-refractivity contribution is 5.82. The summed E-state index contributed by atoms with van der Waals surface area (Å²) in [4.78, 5) is 4.41. The Hall–Kier alpha value is -4.04. The molecule has 2 aromatic carbocycles. The molecule has 0 fully saturated rings. The Balaban J connectivity index is 1.72. The highest BCUT2D eigenvalue weighted by Gasteiger charge is 2.16. The van der Waals surface area contributed by atoms with E-state index in [-0.39, 0.29) is 5.82 Å². The molecule has 136 valence electrons. The molecule has 28 heavy (non-hydrogen) atoms. The number of ether oxygens (including phenoxy) is 1. The number of benzene rings is 2. The maximum Gasteiger partial charge on any atom is 0.152 e. The van der Waals surface area contributed by atoms with E-state index >= 15 is 0 Å². The molecule has 2 aromatic heterocycles. The van der Waals surface area contributed by atoms with Crippen molar-refractivity contribution in [2.45, 2.75) is 6.61 Å². The number of hydrogen-bond donors (Lipinski definition) is 1. The van der Waals surface area contributed by atoms with Crippen molar-refractivity contribution in [1.29, 1.82) is 5.26 Å². The first-order chi connectivity index (χ1) is 13.7. The molecule has 0 unspecified atom stereocenters. The van der Waals surface area contributed by atoms with E-state index in [2.05, 4.69) is 11.1 Å². The summed E-state index contributed by atoms with van der Waals surface area (Å²) in [5, 5.41) is 9.36. The van der Waals surface area contributed by atoms with Gasteiger partial charge in [-0.1, -0.05) is 42.5 Å². The van der Waals surface area contributed by atoms with Crippen LogP contribution in [0.5, 0.6) is 5.75 Å². The number of pyridine rings is 1. The van der Waals surface area contributed by atoms with Crippen molar-refractivity contribution < 1.29 is 9.15 Å². The maximum atomic E-state index is 9.36. The van der Waals surface area contributed by atoms with E-state index in [1.165, 1.54) is 0 Å². The second-order valence-corrected chi connectivity index (χ2v) is 6.21. The SMILES string of the molecule is N#Cc1cc(-c2cccc(OCc3ccccc3)c2)c(-c2ccco2)nc1N. The van der Waals surface area contributed by atoms with Gasteiger partial charge in [-0.2, -0.15) is 5.26 Å². The van der Waals surface area contributed by atoms with Gasteiger partial charge in [0, 0.05) is 5.56 Å². The van der Waals surface area contributed by atoms with E-state index < -0.39 is 0 Å². The number of nitrogen functional groups attached to an aromatic ring is 1. The smallest absolute Gasteiger partial charge is 0.152 e. The largest absolute Gasteiger partial charge is 0.489 e. The molecule has 0 aliphatic carbocycles. The topological polar surface area (TPSA) is 85.1 Å². The zero-order chi connectivity index (χ0) is 19.3. The molecule has 5 nitrogen and oxygen atoms in total. The molecule has 0 aliphatic heterocycles. The van der Waals surface area contributed by atoms with Crippen LogP contribution in [-0.4, -0.2) is 4.98 Å². The molecule has 0 saturated heterocycles. The third-order valence-electron chi connectivity index (χ3n) is 4.32. The molecule has 0 bridgehead atoms. The Morgan fingerprint density at radius 3 is 2.61 bits per heavy atom. The molecule has 4 rings (SSSR count). The van der Waals surface area contributed by atoms with E-state index in [1.54, 1.807) is 18.4 Å². The van der Waals surface area contributed by atoms with Gasteiger partial charge in [-0.25, -0.2) is 4.98 Å². The van der Waals surface area contributed by atoms with Crippen LogP contribution in [0.3, 0.4) is 0 Å². The van der Waals surface area contributed by atoms with Crippen LogP contribution in [-0.2, 0) is 6.61 Å². The van der Waals surface area contributed by atoms with Crippen molar-refractivity contribution in [2.75, 3.05) is 5.73 Å². The van der Waals surface area contributed by atoms with Crippen LogP contribution in [0.4, 0.5) is 5.82 Å². The number of furan rings is 1. The van der Waals surface area contributed by atoms with Crippen molar-refractivity contribution in [1.82, 2.24) is 4.98 Å². The lowest BCUT2D eigenvalue weighted by atomic mass is 10.0. The third kappa shape index (κ3) is 3.57. The van der Waals surface area contributed by atoms with Gasteiger partial charge in [0.25, 0.3) is 0 Å². The van der Waals surface area contributed by atoms with E-state index in [9.17, 15) is 5.26 Å². The van der Waals surface area contributed by atoms with Crippen molar-refractivity contribution in [3.63, 3.8) is 0 Å². The molecular formula is C23H17N3O2. The fraction of sp³-hybridized carbons (Fsp3) is 0.0435. The third-order valence-corrected chi connectivity index (χ3v) is 4.32. The van der Waals surface area contributed by atoms with E-state index in [4.69, 9.17) is 14.9 Å². The molecule has 2 heterocycles. The number of nitrogens with zero attached hydrogens (tertiary/aromatic N) is 2. The standard InChI is InChI=1S/C23H17N3O2/c24-14-18-13-20(22(26-23(18)25)21-10-5-11-27-21)17-8-4-9-19(12-17)28-15-16-6-2-1-3-7-16/h1-13H,15H2,(H2,25,26). The number of nitrogens with two attached hydrogens (primary N) is 1. The Kier molecular flexibility index (Phi) is 4.77. The molecule has 0 saturated carbocycles. The fourth-order valence-electron chi connectivity index (χ4n) is 2.93. The van der Waals surface area contributed by atoms with E-state index in [1.807, 2.05) is 60.7 Å². The molecule has 0 radical (unpaired) electrons. The lowest BCUT2D eigenvalue weighted by Gasteiger charge is -2.12. The summed E-state index contributed by atoms with van der Waals surface area (Å²) in [6.07, 6.45) is 1.58. The first-order valence-corrected chi connectivity index (χ1v) is 8.76. The van der Waals surface area contributed by atoms with Gasteiger partial charge in [0.2, 0.25) is 0 Å². The van der Waals surface area contributed by atoms with Gasteiger partial charge < -0.3 is 14.9 Å². The van der Waals surface area contributed by atoms with Gasteiger partial charge >= 0.3 is 0 Å². The number of nitriles is 1. The predicted molar refractivity (Wildman–Crippen MR) is 107 cm³/mol. The normalized spacial score (nSPS) is 10.4. The first-order valence-electron chi connectivity index (χ1n) is 8.76. The summed E-state index contributed by atoms with van der Waals surface area (Å²) in [5.74, 6) is 1.48. The van der Waals surface area contributed by atoms with Crippen LogP contribution < -0.4 is 10.5 Å². The minimum atomic E-state index is 0.175. The van der Waals surface area contributed by atoms with Crippen molar-refractivity contribution in [2.24, 2.45) is 0 Å². The lowest BCUT2D eigenvalue weighted by molar-refractivity contribution is 0.306. The number of anilines is 1. The molecule has 5 heteroatoms. The van der Waals surface area contributed by atoms with E-state index in [0.717, 1.165) is 22.4 Å². The number of hydrogen-bond acceptors (Lipinski definition) is 5. The summed E-state index contributed by atoms with van der Waals surface area (Å²) < 4.78 is 11.4. The first kappa shape index (κ1) is 17.4. The highest BCUT2D eigenvalue weighted by atomic mass is 16.5. The fourth-order valence-corrected chi connectivity index (χ4v) is 2.93. The Morgan fingerprint density at radius 2 is 1.86 bits per heavy atom. The van der Waals surface area contributed by atoms with Crippen LogP contribution >= 0.6 is 0 Å². The summed E-state index contributed by atoms with van der Waals surface area (Å²) in [5.41, 5.74) is 9.54. The number of aromatic nitrogens is 1. The molecule has 0 amide bonds. The molecular weight excluding hydrogens is 350 g/mol. The van der Waals surface area contributed by atoms with Gasteiger partial charge in [-0.3, -0.25) is 0 Å². The Bertz CT molecular complexity index is 1130. The monoisotopic (exact) mass is 367 g/mol. The lowest BCUT2D eigenvalue weighted by Crippen LogP contribution is -1.99. The van der Waals surface area contributed by atoms with Gasteiger partial charge in [0.05, 0.1) is 11.8 Å². The Morgan fingerprint density at radius 1 is 1.00 bits per heavy atom. The van der Waals surface area contributed by atoms with Crippen molar-refractivity contribution >= 4 is 5.82 Å². The minimum Gasteiger partial charge on any atom is -0.489 e. The second-order valence-electron chi connectivity index (χ2n) is 6.21. The predicted octanol–water partition coefficient (Wildman–Crippen LogP) is 5.04. The molecule has 4 aromatic rings. The van der Waals surface area contributed by atoms with Gasteiger partial charge in [-0.15, -0.1) is 0 Å². The molecule has 0 spiro atoms. The molecule has 0 aliphatic rings. The zero-order valence-corrected chi connectivity index (χ0v) is 15.0. The Labute approximate surface area is 162 Å². The summed E-state index contributed by atoms with van der Waals surface area (Å²) in [7, 11) is 0. The maximum absolute atomic E-state index is 9.36. The van der Waals surface area contributed by atoms with Crippen LogP contribution in [0.15, 0.2) is 83.5 Å². The average molecular weight is 367 g/mol. The van der Waals surface area contributed by atoms with Crippen LogP contribution in [0.25, 0.3) is 22.6 Å². The van der Waals surface area contributed by atoms with Crippen molar-refractivity contribution in [3.05, 3.63) is 90.2 Å². The van der Waals surface area contributed by atoms with Gasteiger partial charge in [0.15, 0.2) is 5.76 Å². The quantitative estimate of drug-likeness (QED) is 0.534. The zero-order valence-electron chi connectivity index (χ0n) is 15.0. The second kappa shape index (κ2) is 7.68. The number of rotatable bonds is 5. The van der Waals surface area contributed by atoms with E-state index in [0.29, 0.717) is 23.6 Å². The van der Waals surface area contributed by atoms with Crippen molar-refractivity contribution in [3.8, 4) is 34.4 Å². The molecule has 0 atom stereocenters. The van der Waals surface area contributed by atoms with Gasteiger partial charge in [-0.05, 0) is 41.5 Å². The molecule has 2 N–H and O–H groups in total. The minimum absolute atomic E-state index is 0.175.